The van der Waals surface area contributed by atoms with Crippen molar-refractivity contribution in [3.05, 3.63) is 163 Å². The number of hydrogen-bond donors (Lipinski definition) is 0. The Bertz CT molecular complexity index is 2440. The highest BCUT2D eigenvalue weighted by Crippen LogP contribution is 2.46. The van der Waals surface area contributed by atoms with E-state index in [0.717, 1.165) is 28.7 Å². The molecule has 5 aromatic carbocycles. The predicted octanol–water partition coefficient (Wildman–Crippen LogP) is 14.8. The number of fused-ring (bicyclic) bond motifs is 6. The molecule has 0 saturated heterocycles. The zero-order valence-electron chi connectivity index (χ0n) is 32.7. The average Bonchev–Trinajstić information content (AvgIpc) is 3.62. The van der Waals surface area contributed by atoms with Gasteiger partial charge in [-0.3, -0.25) is 4.57 Å². The second-order valence-corrected chi connectivity index (χ2v) is 16.2. The highest BCUT2D eigenvalue weighted by molar-refractivity contribution is 6.18. The summed E-state index contributed by atoms with van der Waals surface area (Å²) in [5.41, 5.74) is 11.1. The fourth-order valence-corrected chi connectivity index (χ4v) is 7.01. The first-order valence-corrected chi connectivity index (χ1v) is 18.9. The van der Waals surface area contributed by atoms with Gasteiger partial charge in [0.1, 0.15) is 0 Å². The molecule has 0 amide bonds. The standard InChI is InChI=1S/C42H33N3.C5H12.C3H8.CH4/c1-4-28(18-19-32-27-42(2,3)37-26-31(21-22-33(32)37)29-12-6-5-7-13-29)38-24-25-43-41(44-38)45-39-17-11-10-16-35(39)36-23-20-30-14-8-9-15-34(30)40(36)45;1-5(2,3)4;1-3-2;/h4-26H,1,27H2,2-3H3;1-4H3;3H2,1-2H3;1H4/b28-18+,32-19+;;;. The number of hydrogen-bond acceptors (Lipinski definition) is 2. The van der Waals surface area contributed by atoms with Gasteiger partial charge in [-0.2, -0.15) is 0 Å². The third kappa shape index (κ3) is 8.47. The normalized spacial score (nSPS) is 14.1. The highest BCUT2D eigenvalue weighted by atomic mass is 15.2. The van der Waals surface area contributed by atoms with E-state index in [1.807, 2.05) is 18.3 Å². The lowest BCUT2D eigenvalue weighted by Crippen LogP contribution is -2.11. The van der Waals surface area contributed by atoms with E-state index in [4.69, 9.17) is 9.97 Å². The maximum Gasteiger partial charge on any atom is 0.235 e. The van der Waals surface area contributed by atoms with Gasteiger partial charge in [0.05, 0.1) is 16.7 Å². The van der Waals surface area contributed by atoms with Crippen LogP contribution in [0, 0.1) is 5.41 Å². The van der Waals surface area contributed by atoms with Gasteiger partial charge in [0, 0.05) is 22.4 Å². The topological polar surface area (TPSA) is 30.7 Å². The van der Waals surface area contributed by atoms with Gasteiger partial charge >= 0.3 is 0 Å². The largest absolute Gasteiger partial charge is 0.277 e. The molecule has 1 aliphatic carbocycles. The molecular formula is C51H57N3. The molecule has 0 bridgehead atoms. The van der Waals surface area contributed by atoms with Crippen molar-refractivity contribution >= 4 is 43.7 Å². The van der Waals surface area contributed by atoms with Crippen molar-refractivity contribution in [2.24, 2.45) is 5.41 Å². The number of rotatable bonds is 5. The number of para-hydroxylation sites is 1. The van der Waals surface area contributed by atoms with Gasteiger partial charge in [0.25, 0.3) is 0 Å². The van der Waals surface area contributed by atoms with Crippen LogP contribution in [0.4, 0.5) is 0 Å². The maximum absolute atomic E-state index is 5.14. The molecule has 3 nitrogen and oxygen atoms in total. The quantitative estimate of drug-likeness (QED) is 0.166. The molecule has 1 aliphatic rings. The molecule has 3 heteroatoms. The van der Waals surface area contributed by atoms with Crippen molar-refractivity contribution in [2.75, 3.05) is 0 Å². The number of allylic oxidation sites excluding steroid dienone is 5. The van der Waals surface area contributed by atoms with Crippen LogP contribution in [0.1, 0.15) is 92.5 Å². The molecule has 0 saturated carbocycles. The third-order valence-electron chi connectivity index (χ3n) is 9.22. The monoisotopic (exact) mass is 711 g/mol. The van der Waals surface area contributed by atoms with Crippen LogP contribution in [0.25, 0.3) is 60.8 Å². The second kappa shape index (κ2) is 16.6. The summed E-state index contributed by atoms with van der Waals surface area (Å²) in [4.78, 5) is 9.94. The molecule has 0 atom stereocenters. The van der Waals surface area contributed by atoms with Crippen LogP contribution in [0.5, 0.6) is 0 Å². The summed E-state index contributed by atoms with van der Waals surface area (Å²) in [5, 5.41) is 4.76. The molecule has 2 aromatic heterocycles. The maximum atomic E-state index is 5.14. The summed E-state index contributed by atoms with van der Waals surface area (Å²) in [6, 6.07) is 40.9. The van der Waals surface area contributed by atoms with Crippen molar-refractivity contribution in [1.82, 2.24) is 14.5 Å². The molecule has 276 valence electrons. The predicted molar refractivity (Wildman–Crippen MR) is 237 cm³/mol. The Kier molecular flexibility index (Phi) is 12.2. The minimum absolute atomic E-state index is 0. The zero-order chi connectivity index (χ0) is 37.8. The molecule has 54 heavy (non-hydrogen) atoms. The van der Waals surface area contributed by atoms with E-state index >= 15 is 0 Å². The zero-order valence-corrected chi connectivity index (χ0v) is 32.7. The Morgan fingerprint density at radius 3 is 2.13 bits per heavy atom. The Hall–Kier alpha value is -5.54. The van der Waals surface area contributed by atoms with Crippen molar-refractivity contribution in [3.8, 4) is 17.1 Å². The van der Waals surface area contributed by atoms with Gasteiger partial charge in [-0.05, 0) is 74.2 Å². The molecule has 0 unspecified atom stereocenters. The molecule has 0 fully saturated rings. The van der Waals surface area contributed by atoms with Crippen LogP contribution < -0.4 is 0 Å². The van der Waals surface area contributed by atoms with E-state index < -0.39 is 0 Å². The number of nitrogens with zero attached hydrogens (tertiary/aromatic N) is 3. The van der Waals surface area contributed by atoms with E-state index in [-0.39, 0.29) is 12.8 Å². The highest BCUT2D eigenvalue weighted by Gasteiger charge is 2.33. The van der Waals surface area contributed by atoms with Crippen LogP contribution in [-0.4, -0.2) is 14.5 Å². The minimum atomic E-state index is 0. The Labute approximate surface area is 323 Å². The number of benzene rings is 5. The van der Waals surface area contributed by atoms with Gasteiger partial charge in [0.15, 0.2) is 0 Å². The first-order chi connectivity index (χ1) is 25.4. The SMILES string of the molecule is C.C=C/C(=C\C=C1/CC(C)(C)c2cc(-c3ccccc3)ccc21)c1ccnc(-n2c3ccccc3c3ccc4ccccc4c32)n1.CC(C)(C)C.CCC. The van der Waals surface area contributed by atoms with Crippen LogP contribution in [0.15, 0.2) is 146 Å². The Balaban J connectivity index is 0.000000570. The Morgan fingerprint density at radius 1 is 0.778 bits per heavy atom. The smallest absolute Gasteiger partial charge is 0.235 e. The fourth-order valence-electron chi connectivity index (χ4n) is 7.01. The number of aromatic nitrogens is 3. The van der Waals surface area contributed by atoms with E-state index in [1.54, 1.807) is 0 Å². The summed E-state index contributed by atoms with van der Waals surface area (Å²) in [6.45, 7) is 21.8. The van der Waals surface area contributed by atoms with Crippen LogP contribution in [0.2, 0.25) is 0 Å². The summed E-state index contributed by atoms with van der Waals surface area (Å²) >= 11 is 0. The van der Waals surface area contributed by atoms with E-state index in [2.05, 4.69) is 188 Å². The lowest BCUT2D eigenvalue weighted by molar-refractivity contribution is 0.469. The van der Waals surface area contributed by atoms with Gasteiger partial charge in [0.2, 0.25) is 5.95 Å². The van der Waals surface area contributed by atoms with Crippen LogP contribution >= 0.6 is 0 Å². The van der Waals surface area contributed by atoms with Gasteiger partial charge < -0.3 is 0 Å². The first kappa shape index (κ1) is 39.7. The fraction of sp³-hybridized carbons (Fsp3) is 0.255. The summed E-state index contributed by atoms with van der Waals surface area (Å²) in [5.74, 6) is 0.649. The molecule has 0 N–H and O–H groups in total. The van der Waals surface area contributed by atoms with E-state index in [9.17, 15) is 0 Å². The molecule has 2 heterocycles. The lowest BCUT2D eigenvalue weighted by atomic mass is 9.85. The Morgan fingerprint density at radius 2 is 1.43 bits per heavy atom. The molecule has 7 aromatic rings. The molecule has 8 rings (SSSR count). The van der Waals surface area contributed by atoms with Crippen molar-refractivity contribution in [2.45, 2.75) is 81.1 Å². The van der Waals surface area contributed by atoms with Crippen molar-refractivity contribution < 1.29 is 0 Å². The average molecular weight is 712 g/mol. The first-order valence-electron chi connectivity index (χ1n) is 18.9. The van der Waals surface area contributed by atoms with Crippen molar-refractivity contribution in [3.63, 3.8) is 0 Å². The summed E-state index contributed by atoms with van der Waals surface area (Å²) < 4.78 is 2.20. The molecular weight excluding hydrogens is 655 g/mol. The molecule has 0 aliphatic heterocycles. The van der Waals surface area contributed by atoms with Crippen LogP contribution in [0.3, 0.4) is 0 Å². The van der Waals surface area contributed by atoms with E-state index in [0.29, 0.717) is 11.4 Å². The minimum Gasteiger partial charge on any atom is -0.277 e. The van der Waals surface area contributed by atoms with Gasteiger partial charge in [-0.15, -0.1) is 0 Å². The van der Waals surface area contributed by atoms with Gasteiger partial charge in [-0.25, -0.2) is 9.97 Å². The van der Waals surface area contributed by atoms with Gasteiger partial charge in [-0.1, -0.05) is 191 Å². The summed E-state index contributed by atoms with van der Waals surface area (Å²) in [6.07, 6.45) is 10.4. The summed E-state index contributed by atoms with van der Waals surface area (Å²) in [7, 11) is 0. The lowest BCUT2D eigenvalue weighted by Gasteiger charge is -2.19. The molecule has 0 radical (unpaired) electrons. The third-order valence-corrected chi connectivity index (χ3v) is 9.22. The second-order valence-electron chi connectivity index (χ2n) is 16.2. The van der Waals surface area contributed by atoms with Crippen LogP contribution in [-0.2, 0) is 5.41 Å². The van der Waals surface area contributed by atoms with Crippen molar-refractivity contribution in [1.29, 1.82) is 0 Å². The molecule has 0 spiro atoms. The van der Waals surface area contributed by atoms with E-state index in [1.165, 1.54) is 55.8 Å².